The zero-order valence-corrected chi connectivity index (χ0v) is 12.2. The van der Waals surface area contributed by atoms with Gasteiger partial charge in [0.15, 0.2) is 0 Å². The maximum absolute atomic E-state index is 10.2. The Balaban J connectivity index is 2.74. The van der Waals surface area contributed by atoms with Crippen LogP contribution >= 0.6 is 0 Å². The van der Waals surface area contributed by atoms with Crippen LogP contribution in [-0.4, -0.2) is 35.0 Å². The van der Waals surface area contributed by atoms with Gasteiger partial charge in [-0.2, -0.15) is 0 Å². The average Bonchev–Trinajstić information content (AvgIpc) is 2.51. The summed E-state index contributed by atoms with van der Waals surface area (Å²) >= 11 is 0. The van der Waals surface area contributed by atoms with Crippen LogP contribution in [0, 0.1) is 0 Å². The van der Waals surface area contributed by atoms with E-state index in [0.717, 1.165) is 0 Å². The molecule has 5 nitrogen and oxygen atoms in total. The van der Waals surface area contributed by atoms with Crippen molar-refractivity contribution in [2.24, 2.45) is 11.5 Å². The Hall–Kier alpha value is -1.14. The molecule has 0 aliphatic rings. The van der Waals surface area contributed by atoms with Crippen molar-refractivity contribution in [3.05, 3.63) is 29.8 Å². The molecule has 6 N–H and O–H groups in total. The minimum Gasteiger partial charge on any atom is -0.491 e. The monoisotopic (exact) mass is 282 g/mol. The molecular weight excluding hydrogens is 256 g/mol. The second-order valence-electron chi connectivity index (χ2n) is 5.14. The van der Waals surface area contributed by atoms with E-state index in [4.69, 9.17) is 16.2 Å². The molecule has 0 fully saturated rings. The van der Waals surface area contributed by atoms with Gasteiger partial charge < -0.3 is 26.4 Å². The number of aliphatic hydroxyl groups is 2. The molecule has 0 radical (unpaired) electrons. The lowest BCUT2D eigenvalue weighted by Crippen LogP contribution is -2.36. The van der Waals surface area contributed by atoms with Crippen LogP contribution in [0.4, 0.5) is 0 Å². The van der Waals surface area contributed by atoms with Crippen LogP contribution in [0.15, 0.2) is 24.3 Å². The molecule has 114 valence electrons. The highest BCUT2D eigenvalue weighted by atomic mass is 16.5. The SMILES string of the molecule is CCC(O)(CC)COc1cccc([C@H](O)[C@H](N)CN)c1. The number of hydrogen-bond acceptors (Lipinski definition) is 5. The lowest BCUT2D eigenvalue weighted by molar-refractivity contribution is -0.0114. The van der Waals surface area contributed by atoms with E-state index < -0.39 is 17.7 Å². The third kappa shape index (κ3) is 4.45. The van der Waals surface area contributed by atoms with Crippen LogP contribution in [0.3, 0.4) is 0 Å². The van der Waals surface area contributed by atoms with Crippen molar-refractivity contribution >= 4 is 0 Å². The largest absolute Gasteiger partial charge is 0.491 e. The van der Waals surface area contributed by atoms with E-state index in [1.54, 1.807) is 24.3 Å². The summed E-state index contributed by atoms with van der Waals surface area (Å²) in [5.41, 5.74) is 11.0. The predicted octanol–water partition coefficient (Wildman–Crippen LogP) is 0.936. The summed E-state index contributed by atoms with van der Waals surface area (Å²) in [6, 6.07) is 6.57. The van der Waals surface area contributed by atoms with Gasteiger partial charge in [-0.25, -0.2) is 0 Å². The van der Waals surface area contributed by atoms with Crippen molar-refractivity contribution in [3.8, 4) is 5.75 Å². The maximum Gasteiger partial charge on any atom is 0.119 e. The molecule has 0 amide bonds. The molecule has 5 heteroatoms. The fourth-order valence-electron chi connectivity index (χ4n) is 1.84. The van der Waals surface area contributed by atoms with Gasteiger partial charge in [-0.15, -0.1) is 0 Å². The molecule has 1 aromatic rings. The summed E-state index contributed by atoms with van der Waals surface area (Å²) in [6.07, 6.45) is 0.438. The van der Waals surface area contributed by atoms with E-state index >= 15 is 0 Å². The van der Waals surface area contributed by atoms with Crippen molar-refractivity contribution in [2.75, 3.05) is 13.2 Å². The van der Waals surface area contributed by atoms with E-state index in [2.05, 4.69) is 0 Å². The molecule has 20 heavy (non-hydrogen) atoms. The summed E-state index contributed by atoms with van der Waals surface area (Å²) < 4.78 is 5.62. The van der Waals surface area contributed by atoms with Crippen LogP contribution in [0.5, 0.6) is 5.75 Å². The molecule has 2 atom stereocenters. The summed E-state index contributed by atoms with van der Waals surface area (Å²) in [4.78, 5) is 0. The fourth-order valence-corrected chi connectivity index (χ4v) is 1.84. The van der Waals surface area contributed by atoms with Gasteiger partial charge in [0.25, 0.3) is 0 Å². The second kappa shape index (κ2) is 7.59. The molecule has 0 saturated carbocycles. The molecule has 1 rings (SSSR count). The van der Waals surface area contributed by atoms with Crippen LogP contribution in [-0.2, 0) is 0 Å². The van der Waals surface area contributed by atoms with Gasteiger partial charge in [-0.05, 0) is 30.5 Å². The summed E-state index contributed by atoms with van der Waals surface area (Å²) in [5.74, 6) is 0.603. The highest BCUT2D eigenvalue weighted by molar-refractivity contribution is 5.30. The van der Waals surface area contributed by atoms with Crippen LogP contribution in [0.1, 0.15) is 38.4 Å². The predicted molar refractivity (Wildman–Crippen MR) is 79.5 cm³/mol. The van der Waals surface area contributed by atoms with Crippen molar-refractivity contribution in [1.82, 2.24) is 0 Å². The van der Waals surface area contributed by atoms with E-state index in [9.17, 15) is 10.2 Å². The van der Waals surface area contributed by atoms with Crippen molar-refractivity contribution in [3.63, 3.8) is 0 Å². The second-order valence-corrected chi connectivity index (χ2v) is 5.14. The molecule has 0 aliphatic carbocycles. The minimum atomic E-state index is -0.820. The van der Waals surface area contributed by atoms with E-state index in [1.165, 1.54) is 0 Å². The Labute approximate surface area is 120 Å². The van der Waals surface area contributed by atoms with Crippen LogP contribution in [0.25, 0.3) is 0 Å². The molecule has 0 aliphatic heterocycles. The molecule has 0 spiro atoms. The highest BCUT2D eigenvalue weighted by Gasteiger charge is 2.23. The van der Waals surface area contributed by atoms with Crippen molar-refractivity contribution in [1.29, 1.82) is 0 Å². The minimum absolute atomic E-state index is 0.206. The van der Waals surface area contributed by atoms with Gasteiger partial charge in [-0.1, -0.05) is 26.0 Å². The third-order valence-corrected chi connectivity index (χ3v) is 3.70. The van der Waals surface area contributed by atoms with E-state index in [-0.39, 0.29) is 13.2 Å². The lowest BCUT2D eigenvalue weighted by atomic mass is 9.99. The molecule has 0 heterocycles. The van der Waals surface area contributed by atoms with Gasteiger partial charge in [0, 0.05) is 12.6 Å². The number of benzene rings is 1. The van der Waals surface area contributed by atoms with Gasteiger partial charge in [0.2, 0.25) is 0 Å². The van der Waals surface area contributed by atoms with Crippen molar-refractivity contribution in [2.45, 2.75) is 44.4 Å². The van der Waals surface area contributed by atoms with Crippen LogP contribution in [0.2, 0.25) is 0 Å². The maximum atomic E-state index is 10.2. The topological polar surface area (TPSA) is 102 Å². The first-order chi connectivity index (χ1) is 9.45. The van der Waals surface area contributed by atoms with Gasteiger partial charge >= 0.3 is 0 Å². The normalized spacial score (nSPS) is 14.9. The quantitative estimate of drug-likeness (QED) is 0.568. The Bertz CT molecular complexity index is 408. The number of hydrogen-bond donors (Lipinski definition) is 4. The first-order valence-corrected chi connectivity index (χ1v) is 7.04. The zero-order valence-electron chi connectivity index (χ0n) is 12.2. The smallest absolute Gasteiger partial charge is 0.119 e. The Morgan fingerprint density at radius 2 is 1.95 bits per heavy atom. The molecule has 1 aromatic carbocycles. The Kier molecular flexibility index (Phi) is 6.42. The first-order valence-electron chi connectivity index (χ1n) is 7.04. The summed E-state index contributed by atoms with van der Waals surface area (Å²) in [7, 11) is 0. The van der Waals surface area contributed by atoms with Crippen molar-refractivity contribution < 1.29 is 14.9 Å². The average molecular weight is 282 g/mol. The number of rotatable bonds is 8. The summed E-state index contributed by atoms with van der Waals surface area (Å²) in [6.45, 7) is 4.28. The zero-order chi connectivity index (χ0) is 15.2. The summed E-state index contributed by atoms with van der Waals surface area (Å²) in [5, 5.41) is 20.2. The van der Waals surface area contributed by atoms with Gasteiger partial charge in [-0.3, -0.25) is 0 Å². The Morgan fingerprint density at radius 3 is 2.50 bits per heavy atom. The molecule has 0 aromatic heterocycles. The third-order valence-electron chi connectivity index (χ3n) is 3.70. The molecular formula is C15H26N2O3. The van der Waals surface area contributed by atoms with E-state index in [1.807, 2.05) is 13.8 Å². The molecule has 0 bridgehead atoms. The Morgan fingerprint density at radius 1 is 1.30 bits per heavy atom. The first kappa shape index (κ1) is 16.9. The fraction of sp³-hybridized carbons (Fsp3) is 0.600. The molecule has 0 saturated heterocycles. The van der Waals surface area contributed by atoms with Gasteiger partial charge in [0.05, 0.1) is 11.7 Å². The van der Waals surface area contributed by atoms with Crippen LogP contribution < -0.4 is 16.2 Å². The number of nitrogens with two attached hydrogens (primary N) is 2. The highest BCUT2D eigenvalue weighted by Crippen LogP contribution is 2.23. The number of aliphatic hydroxyl groups excluding tert-OH is 1. The van der Waals surface area contributed by atoms with Gasteiger partial charge in [0.1, 0.15) is 12.4 Å². The standard InChI is InChI=1S/C15H26N2O3/c1-3-15(19,4-2)10-20-12-7-5-6-11(8-12)14(18)13(17)9-16/h5-8,13-14,18-19H,3-4,9-10,16-17H2,1-2H3/t13-,14+/m1/s1. The van der Waals surface area contributed by atoms with E-state index in [0.29, 0.717) is 24.2 Å². The lowest BCUT2D eigenvalue weighted by Gasteiger charge is -2.25. The number of ether oxygens (including phenoxy) is 1. The molecule has 0 unspecified atom stereocenters.